The Morgan fingerprint density at radius 1 is 1.24 bits per heavy atom. The number of carbonyl (C=O) groups excluding carboxylic acids is 2. The summed E-state index contributed by atoms with van der Waals surface area (Å²) >= 11 is 0. The summed E-state index contributed by atoms with van der Waals surface area (Å²) in [7, 11) is 0. The third kappa shape index (κ3) is 4.84. The van der Waals surface area contributed by atoms with Gasteiger partial charge in [-0.25, -0.2) is 4.79 Å². The van der Waals surface area contributed by atoms with Gasteiger partial charge in [0.1, 0.15) is 11.5 Å². The summed E-state index contributed by atoms with van der Waals surface area (Å²) in [5.74, 6) is -0.460. The van der Waals surface area contributed by atoms with Crippen molar-refractivity contribution in [3.8, 4) is 11.5 Å². The molecule has 0 spiro atoms. The number of nitrogens with one attached hydrogen (secondary N) is 1. The van der Waals surface area contributed by atoms with Crippen LogP contribution in [0.4, 0.5) is 11.4 Å². The van der Waals surface area contributed by atoms with E-state index in [1.54, 1.807) is 49.1 Å². The number of carbonyl (C=O) groups is 3. The van der Waals surface area contributed by atoms with E-state index in [4.69, 9.17) is 14.6 Å². The van der Waals surface area contributed by atoms with Gasteiger partial charge < -0.3 is 24.8 Å². The maximum atomic E-state index is 12.5. The van der Waals surface area contributed by atoms with Crippen molar-refractivity contribution in [3.05, 3.63) is 48.0 Å². The number of benzene rings is 2. The summed E-state index contributed by atoms with van der Waals surface area (Å²) in [6.45, 7) is 3.27. The third-order valence-corrected chi connectivity index (χ3v) is 4.47. The number of aliphatic carboxylic acids is 1. The first-order valence-corrected chi connectivity index (χ1v) is 9.17. The van der Waals surface area contributed by atoms with Gasteiger partial charge in [0.15, 0.2) is 12.7 Å². The Morgan fingerprint density at radius 3 is 2.72 bits per heavy atom. The van der Waals surface area contributed by atoms with E-state index in [-0.39, 0.29) is 24.8 Å². The molecule has 2 aromatic carbocycles. The molecule has 1 aliphatic heterocycles. The van der Waals surface area contributed by atoms with Crippen LogP contribution in [0.5, 0.6) is 11.5 Å². The lowest BCUT2D eigenvalue weighted by Gasteiger charge is -2.32. The number of hydrogen-bond donors (Lipinski definition) is 2. The number of rotatable bonds is 7. The predicted octanol–water partition coefficient (Wildman–Crippen LogP) is 2.60. The number of ether oxygens (including phenoxy) is 2. The van der Waals surface area contributed by atoms with Crippen LogP contribution in [0.15, 0.2) is 42.5 Å². The summed E-state index contributed by atoms with van der Waals surface area (Å²) < 4.78 is 10.7. The van der Waals surface area contributed by atoms with Gasteiger partial charge in [0.2, 0.25) is 5.91 Å². The molecule has 0 saturated heterocycles. The minimum Gasteiger partial charge on any atom is -0.482 e. The highest BCUT2D eigenvalue weighted by Gasteiger charge is 2.31. The van der Waals surface area contributed by atoms with Crippen molar-refractivity contribution in [1.82, 2.24) is 0 Å². The number of carboxylic acids is 1. The monoisotopic (exact) mass is 398 g/mol. The summed E-state index contributed by atoms with van der Waals surface area (Å²) in [5.41, 5.74) is 1.99. The quantitative estimate of drug-likeness (QED) is 0.743. The molecule has 0 aromatic heterocycles. The topological polar surface area (TPSA) is 105 Å². The third-order valence-electron chi connectivity index (χ3n) is 4.47. The molecule has 0 radical (unpaired) electrons. The molecule has 0 bridgehead atoms. The molecule has 1 heterocycles. The second-order valence-corrected chi connectivity index (χ2v) is 6.67. The van der Waals surface area contributed by atoms with Gasteiger partial charge in [-0.2, -0.15) is 0 Å². The zero-order valence-corrected chi connectivity index (χ0v) is 16.2. The number of carboxylic acid groups (broad SMARTS) is 1. The van der Waals surface area contributed by atoms with E-state index in [0.717, 1.165) is 5.56 Å². The van der Waals surface area contributed by atoms with Crippen molar-refractivity contribution in [2.24, 2.45) is 0 Å². The van der Waals surface area contributed by atoms with E-state index < -0.39 is 18.7 Å². The van der Waals surface area contributed by atoms with E-state index in [2.05, 4.69) is 5.32 Å². The average molecular weight is 398 g/mol. The van der Waals surface area contributed by atoms with Crippen LogP contribution < -0.4 is 19.7 Å². The van der Waals surface area contributed by atoms with Crippen molar-refractivity contribution in [1.29, 1.82) is 0 Å². The molecule has 152 valence electrons. The zero-order valence-electron chi connectivity index (χ0n) is 16.2. The number of fused-ring (bicyclic) bond motifs is 1. The molecule has 1 unspecified atom stereocenters. The first kappa shape index (κ1) is 20.2. The Kier molecular flexibility index (Phi) is 6.01. The van der Waals surface area contributed by atoms with Crippen molar-refractivity contribution in [3.63, 3.8) is 0 Å². The first-order chi connectivity index (χ1) is 13.8. The van der Waals surface area contributed by atoms with E-state index in [1.807, 2.05) is 12.1 Å². The predicted molar refractivity (Wildman–Crippen MR) is 106 cm³/mol. The minimum absolute atomic E-state index is 0.115. The van der Waals surface area contributed by atoms with Gasteiger partial charge in [-0.3, -0.25) is 9.59 Å². The highest BCUT2D eigenvalue weighted by atomic mass is 16.5. The van der Waals surface area contributed by atoms with Crippen molar-refractivity contribution >= 4 is 29.2 Å². The van der Waals surface area contributed by atoms with Gasteiger partial charge in [0.05, 0.1) is 5.69 Å². The second-order valence-electron chi connectivity index (χ2n) is 6.67. The second kappa shape index (κ2) is 8.64. The Balaban J connectivity index is 1.61. The number of hydrogen-bond acceptors (Lipinski definition) is 5. The standard InChI is InChI=1S/C21H22N2O6/c1-13-11-15(28-12-20(25)26)7-8-16(13)22-19(24)9-10-23-17-5-3-4-6-18(17)29-14(2)21(23)27/h3-8,11,14H,9-10,12H2,1-2H3,(H,22,24)(H,25,26). The van der Waals surface area contributed by atoms with E-state index in [0.29, 0.717) is 22.9 Å². The van der Waals surface area contributed by atoms with Crippen LogP contribution >= 0.6 is 0 Å². The van der Waals surface area contributed by atoms with Gasteiger partial charge in [-0.1, -0.05) is 12.1 Å². The minimum atomic E-state index is -1.06. The highest BCUT2D eigenvalue weighted by molar-refractivity contribution is 6.01. The molecule has 2 N–H and O–H groups in total. The van der Waals surface area contributed by atoms with Gasteiger partial charge in [0.25, 0.3) is 5.91 Å². The van der Waals surface area contributed by atoms with Gasteiger partial charge >= 0.3 is 5.97 Å². The number of anilines is 2. The van der Waals surface area contributed by atoms with Crippen LogP contribution in [0, 0.1) is 6.92 Å². The lowest BCUT2D eigenvalue weighted by Crippen LogP contribution is -2.45. The Labute approximate surface area is 168 Å². The Hall–Kier alpha value is -3.55. The maximum Gasteiger partial charge on any atom is 0.341 e. The summed E-state index contributed by atoms with van der Waals surface area (Å²) in [5, 5.41) is 11.5. The van der Waals surface area contributed by atoms with Crippen molar-refractivity contribution in [2.75, 3.05) is 23.4 Å². The molecule has 8 nitrogen and oxygen atoms in total. The lowest BCUT2D eigenvalue weighted by molar-refractivity contribution is -0.139. The van der Waals surface area contributed by atoms with Crippen LogP contribution in [0.3, 0.4) is 0 Å². The van der Waals surface area contributed by atoms with Crippen LogP contribution in [0.25, 0.3) is 0 Å². The fourth-order valence-corrected chi connectivity index (χ4v) is 3.03. The zero-order chi connectivity index (χ0) is 21.0. The van der Waals surface area contributed by atoms with Crippen LogP contribution in [0.2, 0.25) is 0 Å². The number of amides is 2. The largest absolute Gasteiger partial charge is 0.482 e. The fraction of sp³-hybridized carbons (Fsp3) is 0.286. The van der Waals surface area contributed by atoms with Crippen molar-refractivity contribution < 1.29 is 29.0 Å². The summed E-state index contributed by atoms with van der Waals surface area (Å²) in [6, 6.07) is 12.1. The fourth-order valence-electron chi connectivity index (χ4n) is 3.03. The van der Waals surface area contributed by atoms with Crippen LogP contribution in [-0.4, -0.2) is 42.1 Å². The number of nitrogens with zero attached hydrogens (tertiary/aromatic N) is 1. The molecule has 2 amide bonds. The maximum absolute atomic E-state index is 12.5. The molecule has 2 aromatic rings. The lowest BCUT2D eigenvalue weighted by atomic mass is 10.1. The number of aryl methyl sites for hydroxylation is 1. The molecule has 8 heteroatoms. The van der Waals surface area contributed by atoms with Crippen LogP contribution in [-0.2, 0) is 14.4 Å². The van der Waals surface area contributed by atoms with Gasteiger partial charge in [-0.05, 0) is 49.7 Å². The van der Waals surface area contributed by atoms with Crippen molar-refractivity contribution in [2.45, 2.75) is 26.4 Å². The summed E-state index contributed by atoms with van der Waals surface area (Å²) in [4.78, 5) is 37.0. The van der Waals surface area contributed by atoms with E-state index in [9.17, 15) is 14.4 Å². The SMILES string of the molecule is Cc1cc(OCC(=O)O)ccc1NC(=O)CCN1C(=O)C(C)Oc2ccccc21. The number of para-hydroxylation sites is 2. The molecule has 0 aliphatic carbocycles. The molecule has 1 aliphatic rings. The Morgan fingerprint density at radius 2 is 2.00 bits per heavy atom. The Bertz CT molecular complexity index is 943. The molecule has 1 atom stereocenters. The molecule has 0 saturated carbocycles. The van der Waals surface area contributed by atoms with E-state index >= 15 is 0 Å². The van der Waals surface area contributed by atoms with Crippen LogP contribution in [0.1, 0.15) is 18.9 Å². The first-order valence-electron chi connectivity index (χ1n) is 9.17. The highest BCUT2D eigenvalue weighted by Crippen LogP contribution is 2.33. The average Bonchev–Trinajstić information content (AvgIpc) is 2.68. The molecular formula is C21H22N2O6. The molecule has 3 rings (SSSR count). The van der Waals surface area contributed by atoms with Gasteiger partial charge in [0, 0.05) is 18.7 Å². The normalized spacial score (nSPS) is 15.3. The summed E-state index contributed by atoms with van der Waals surface area (Å²) in [6.07, 6.45) is -0.489. The smallest absolute Gasteiger partial charge is 0.341 e. The van der Waals surface area contributed by atoms with Gasteiger partial charge in [-0.15, -0.1) is 0 Å². The molecular weight excluding hydrogens is 376 g/mol. The van der Waals surface area contributed by atoms with E-state index in [1.165, 1.54) is 0 Å². The molecule has 0 fully saturated rings. The molecule has 29 heavy (non-hydrogen) atoms.